The molecular weight excluding hydrogens is 471 g/mol. The van der Waals surface area contributed by atoms with E-state index in [1.165, 1.54) is 31.4 Å². The Bertz CT molecular complexity index is 972. The van der Waals surface area contributed by atoms with Gasteiger partial charge in [-0.3, -0.25) is 4.79 Å². The molecule has 0 unspecified atom stereocenters. The molecule has 6 rings (SSSR count). The molecule has 1 amide bonds. The van der Waals surface area contributed by atoms with Crippen LogP contribution >= 0.6 is 23.2 Å². The Hall–Kier alpha value is -0.860. The van der Waals surface area contributed by atoms with Crippen LogP contribution in [0.3, 0.4) is 0 Å². The number of halogens is 2. The zero-order valence-electron chi connectivity index (χ0n) is 18.0. The van der Waals surface area contributed by atoms with Crippen molar-refractivity contribution in [2.45, 2.75) is 62.4 Å². The molecule has 1 aromatic rings. The Morgan fingerprint density at radius 1 is 1.06 bits per heavy atom. The predicted molar refractivity (Wildman–Crippen MR) is 124 cm³/mol. The Morgan fingerprint density at radius 3 is 2.31 bits per heavy atom. The van der Waals surface area contributed by atoms with Gasteiger partial charge in [-0.05, 0) is 86.7 Å². The van der Waals surface area contributed by atoms with E-state index in [0.29, 0.717) is 19.7 Å². The molecule has 9 heteroatoms. The molecule has 0 spiro atoms. The van der Waals surface area contributed by atoms with Crippen LogP contribution in [0, 0.1) is 23.2 Å². The van der Waals surface area contributed by atoms with Gasteiger partial charge in [0.25, 0.3) is 5.91 Å². The zero-order valence-corrected chi connectivity index (χ0v) is 20.4. The summed E-state index contributed by atoms with van der Waals surface area (Å²) in [4.78, 5) is 12.6. The van der Waals surface area contributed by atoms with Gasteiger partial charge in [0.15, 0.2) is 0 Å². The molecule has 5 aliphatic rings. The van der Waals surface area contributed by atoms with Crippen LogP contribution < -0.4 is 10.0 Å². The van der Waals surface area contributed by atoms with Gasteiger partial charge >= 0.3 is 0 Å². The highest BCUT2D eigenvalue weighted by Crippen LogP contribution is 2.59. The molecule has 2 N–H and O–H groups in total. The van der Waals surface area contributed by atoms with Crippen molar-refractivity contribution < 1.29 is 17.9 Å². The lowest BCUT2D eigenvalue weighted by Gasteiger charge is -2.56. The highest BCUT2D eigenvalue weighted by molar-refractivity contribution is 7.89. The molecule has 6 nitrogen and oxygen atoms in total. The van der Waals surface area contributed by atoms with Crippen molar-refractivity contribution in [3.05, 3.63) is 27.7 Å². The maximum absolute atomic E-state index is 13.2. The number of benzene rings is 1. The quantitative estimate of drug-likeness (QED) is 0.580. The molecule has 1 aromatic carbocycles. The molecular formula is C23H30Cl2N2O4S. The third-order valence-corrected chi connectivity index (χ3v) is 10.1. The Morgan fingerprint density at radius 2 is 1.72 bits per heavy atom. The van der Waals surface area contributed by atoms with E-state index in [1.54, 1.807) is 0 Å². The summed E-state index contributed by atoms with van der Waals surface area (Å²) >= 11 is 12.5. The van der Waals surface area contributed by atoms with E-state index in [2.05, 4.69) is 10.0 Å². The topological polar surface area (TPSA) is 84.5 Å². The number of hydrogen-bond acceptors (Lipinski definition) is 4. The average molecular weight is 501 g/mol. The number of carbonyl (C=O) groups excluding carboxylic acids is 1. The van der Waals surface area contributed by atoms with E-state index in [9.17, 15) is 13.2 Å². The van der Waals surface area contributed by atoms with Crippen molar-refractivity contribution in [3.8, 4) is 0 Å². The van der Waals surface area contributed by atoms with Crippen molar-refractivity contribution in [1.82, 2.24) is 10.0 Å². The third-order valence-electron chi connectivity index (χ3n) is 7.87. The first kappa shape index (κ1) is 22.9. The van der Waals surface area contributed by atoms with E-state index < -0.39 is 15.9 Å². The zero-order chi connectivity index (χ0) is 22.5. The van der Waals surface area contributed by atoms with E-state index in [0.717, 1.165) is 49.9 Å². The molecule has 4 saturated carbocycles. The van der Waals surface area contributed by atoms with Gasteiger partial charge in [-0.2, -0.15) is 0 Å². The van der Waals surface area contributed by atoms with Crippen molar-refractivity contribution in [2.75, 3.05) is 19.7 Å². The van der Waals surface area contributed by atoms with Gasteiger partial charge < -0.3 is 10.1 Å². The van der Waals surface area contributed by atoms with Crippen LogP contribution in [0.1, 0.15) is 61.7 Å². The van der Waals surface area contributed by atoms with Crippen LogP contribution in [0.25, 0.3) is 0 Å². The molecule has 32 heavy (non-hydrogen) atoms. The minimum Gasteiger partial charge on any atom is -0.376 e. The van der Waals surface area contributed by atoms with E-state index in [4.69, 9.17) is 27.9 Å². The predicted octanol–water partition coefficient (Wildman–Crippen LogP) is 4.40. The minimum atomic E-state index is -3.88. The normalized spacial score (nSPS) is 33.6. The summed E-state index contributed by atoms with van der Waals surface area (Å²) in [5.74, 6) is 1.79. The van der Waals surface area contributed by atoms with E-state index in [-0.39, 0.29) is 32.0 Å². The lowest BCUT2D eigenvalue weighted by molar-refractivity contribution is -0.0487. The van der Waals surface area contributed by atoms with Gasteiger partial charge in [-0.1, -0.05) is 23.2 Å². The fourth-order valence-corrected chi connectivity index (χ4v) is 8.86. The van der Waals surface area contributed by atoms with Crippen LogP contribution in [0.4, 0.5) is 0 Å². The van der Waals surface area contributed by atoms with E-state index in [1.807, 2.05) is 0 Å². The molecule has 176 valence electrons. The number of amides is 1. The lowest BCUT2D eigenvalue weighted by Crippen LogP contribution is -2.51. The first-order chi connectivity index (χ1) is 15.2. The van der Waals surface area contributed by atoms with Crippen LogP contribution in [0.15, 0.2) is 17.0 Å². The third kappa shape index (κ3) is 4.56. The molecule has 1 saturated heterocycles. The molecule has 1 heterocycles. The standard InChI is InChI=1S/C23H30Cl2N2O4S/c24-19-8-20(25)21(7-18(19)22(28)26-12-17-2-1-3-31-17)32(29,30)27-13-23-9-14-4-15(10-23)6-16(5-14)11-23/h7-8,14-17,27H,1-6,9-13H2,(H,26,28)/t14?,15?,16?,17-,23?/m1/s1. The fourth-order valence-electron chi connectivity index (χ4n) is 6.85. The molecule has 0 aromatic heterocycles. The molecule has 5 fully saturated rings. The lowest BCUT2D eigenvalue weighted by atomic mass is 9.50. The maximum Gasteiger partial charge on any atom is 0.252 e. The highest BCUT2D eigenvalue weighted by Gasteiger charge is 2.51. The van der Waals surface area contributed by atoms with Gasteiger partial charge in [0.1, 0.15) is 4.90 Å². The summed E-state index contributed by atoms with van der Waals surface area (Å²) in [5.41, 5.74) is 0.159. The molecule has 1 atom stereocenters. The van der Waals surface area contributed by atoms with E-state index >= 15 is 0 Å². The summed E-state index contributed by atoms with van der Waals surface area (Å²) < 4.78 is 34.8. The Kier molecular flexibility index (Phi) is 6.25. The number of carbonyl (C=O) groups is 1. The van der Waals surface area contributed by atoms with Crippen LogP contribution in [0.5, 0.6) is 0 Å². The molecule has 4 aliphatic carbocycles. The number of nitrogens with one attached hydrogen (secondary N) is 2. The summed E-state index contributed by atoms with van der Waals surface area (Å²) in [7, 11) is -3.88. The summed E-state index contributed by atoms with van der Waals surface area (Å²) in [6.45, 7) is 1.49. The Labute approximate surface area is 199 Å². The number of sulfonamides is 1. The van der Waals surface area contributed by atoms with Gasteiger partial charge in [-0.15, -0.1) is 0 Å². The van der Waals surface area contributed by atoms with Crippen molar-refractivity contribution in [1.29, 1.82) is 0 Å². The van der Waals surface area contributed by atoms with Gasteiger partial charge in [-0.25, -0.2) is 13.1 Å². The monoisotopic (exact) mass is 500 g/mol. The summed E-state index contributed by atoms with van der Waals surface area (Å²) in [6.07, 6.45) is 9.07. The first-order valence-corrected chi connectivity index (χ1v) is 13.9. The second-order valence-electron chi connectivity index (χ2n) is 10.3. The summed E-state index contributed by atoms with van der Waals surface area (Å²) in [6, 6.07) is 2.63. The number of rotatable bonds is 7. The second kappa shape index (κ2) is 8.73. The minimum absolute atomic E-state index is 0.0173. The number of hydrogen-bond donors (Lipinski definition) is 2. The van der Waals surface area contributed by atoms with Crippen LogP contribution in [-0.4, -0.2) is 40.1 Å². The second-order valence-corrected chi connectivity index (χ2v) is 12.9. The average Bonchev–Trinajstić information content (AvgIpc) is 3.23. The SMILES string of the molecule is O=C(NC[C@H]1CCCO1)c1cc(S(=O)(=O)NCC23CC4CC(CC(C4)C2)C3)c(Cl)cc1Cl. The van der Waals surface area contributed by atoms with Crippen LogP contribution in [-0.2, 0) is 14.8 Å². The van der Waals surface area contributed by atoms with Gasteiger partial charge in [0.05, 0.1) is 21.7 Å². The molecule has 4 bridgehead atoms. The fraction of sp³-hybridized carbons (Fsp3) is 0.696. The first-order valence-electron chi connectivity index (χ1n) is 11.6. The van der Waals surface area contributed by atoms with Crippen LogP contribution in [0.2, 0.25) is 10.0 Å². The summed E-state index contributed by atoms with van der Waals surface area (Å²) in [5, 5.41) is 2.94. The highest BCUT2D eigenvalue weighted by atomic mass is 35.5. The van der Waals surface area contributed by atoms with Crippen molar-refractivity contribution in [2.24, 2.45) is 23.2 Å². The van der Waals surface area contributed by atoms with Gasteiger partial charge in [0.2, 0.25) is 10.0 Å². The largest absolute Gasteiger partial charge is 0.376 e. The van der Waals surface area contributed by atoms with Gasteiger partial charge in [0, 0.05) is 19.7 Å². The maximum atomic E-state index is 13.2. The molecule has 0 radical (unpaired) electrons. The number of ether oxygens (including phenoxy) is 1. The van der Waals surface area contributed by atoms with Crippen molar-refractivity contribution >= 4 is 39.1 Å². The Balaban J connectivity index is 1.30. The van der Waals surface area contributed by atoms with Crippen molar-refractivity contribution in [3.63, 3.8) is 0 Å². The molecule has 1 aliphatic heterocycles. The smallest absolute Gasteiger partial charge is 0.252 e.